The summed E-state index contributed by atoms with van der Waals surface area (Å²) in [5.74, 6) is -0.0480. The standard InChI is InChI=1S/C75H143NO5/c1-3-5-7-9-11-13-15-17-19-20-38-41-45-49-53-57-61-65-69-75(80)81-70-66-62-58-54-50-46-42-39-36-34-32-30-28-26-24-22-21-23-25-27-29-31-33-35-37-40-44-48-52-56-60-64-68-74(79)76-72(71-77)73(78)67-63-59-55-51-47-43-18-16-14-12-10-8-6-4-2/h19-20,24,26,63,67,72-73,77-78H,3-18,21-23,25,27-62,64-66,68-71H2,1-2H3,(H,76,79)/b20-19-,26-24-,67-63+. The fourth-order valence-electron chi connectivity index (χ4n) is 11.5. The number of carbonyl (C=O) groups excluding carboxylic acids is 2. The summed E-state index contributed by atoms with van der Waals surface area (Å²) in [7, 11) is 0. The Hall–Kier alpha value is -1.92. The number of carbonyl (C=O) groups is 2. The lowest BCUT2D eigenvalue weighted by molar-refractivity contribution is -0.143. The van der Waals surface area contributed by atoms with E-state index < -0.39 is 12.1 Å². The van der Waals surface area contributed by atoms with Gasteiger partial charge in [-0.3, -0.25) is 9.59 Å². The number of aliphatic hydroxyl groups excluding tert-OH is 2. The number of esters is 1. The zero-order valence-electron chi connectivity index (χ0n) is 54.8. The molecule has 0 radical (unpaired) electrons. The second kappa shape index (κ2) is 70.6. The molecule has 0 fully saturated rings. The summed E-state index contributed by atoms with van der Waals surface area (Å²) in [5.41, 5.74) is 0. The van der Waals surface area contributed by atoms with Gasteiger partial charge < -0.3 is 20.3 Å². The highest BCUT2D eigenvalue weighted by Crippen LogP contribution is 2.18. The average molecular weight is 1140 g/mol. The average Bonchev–Trinajstić information content (AvgIpc) is 3.47. The van der Waals surface area contributed by atoms with Crippen LogP contribution in [-0.2, 0) is 14.3 Å². The predicted octanol–water partition coefficient (Wildman–Crippen LogP) is 23.9. The highest BCUT2D eigenvalue weighted by atomic mass is 16.5. The molecule has 2 atom stereocenters. The summed E-state index contributed by atoms with van der Waals surface area (Å²) < 4.78 is 5.51. The quantitative estimate of drug-likeness (QED) is 0.0320. The van der Waals surface area contributed by atoms with E-state index in [0.29, 0.717) is 19.4 Å². The molecular formula is C75H143NO5. The third-order valence-electron chi connectivity index (χ3n) is 17.1. The van der Waals surface area contributed by atoms with Gasteiger partial charge in [0.05, 0.1) is 25.4 Å². The fourth-order valence-corrected chi connectivity index (χ4v) is 11.5. The third-order valence-corrected chi connectivity index (χ3v) is 17.1. The monoisotopic (exact) mass is 1140 g/mol. The Kier molecular flexibility index (Phi) is 68.9. The molecule has 6 heteroatoms. The van der Waals surface area contributed by atoms with Gasteiger partial charge in [-0.2, -0.15) is 0 Å². The number of aliphatic hydroxyl groups is 2. The zero-order chi connectivity index (χ0) is 58.5. The Balaban J connectivity index is 3.35. The maximum absolute atomic E-state index is 12.5. The van der Waals surface area contributed by atoms with E-state index in [1.54, 1.807) is 6.08 Å². The van der Waals surface area contributed by atoms with Gasteiger partial charge in [0.2, 0.25) is 5.91 Å². The number of unbranched alkanes of at least 4 members (excludes halogenated alkanes) is 54. The number of hydrogen-bond acceptors (Lipinski definition) is 5. The van der Waals surface area contributed by atoms with Crippen LogP contribution in [0.3, 0.4) is 0 Å². The summed E-state index contributed by atoms with van der Waals surface area (Å²) in [4.78, 5) is 24.6. The van der Waals surface area contributed by atoms with Crippen LogP contribution < -0.4 is 5.32 Å². The van der Waals surface area contributed by atoms with Gasteiger partial charge >= 0.3 is 5.97 Å². The van der Waals surface area contributed by atoms with Gasteiger partial charge in [0.15, 0.2) is 0 Å². The van der Waals surface area contributed by atoms with Gasteiger partial charge in [-0.1, -0.05) is 346 Å². The van der Waals surface area contributed by atoms with Gasteiger partial charge in [0, 0.05) is 12.8 Å². The summed E-state index contributed by atoms with van der Waals surface area (Å²) in [6.45, 7) is 4.93. The third kappa shape index (κ3) is 67.1. The minimum absolute atomic E-state index is 0.0155. The molecular weight excluding hydrogens is 995 g/mol. The molecule has 0 spiro atoms. The first-order chi connectivity index (χ1) is 40.0. The van der Waals surface area contributed by atoms with Crippen molar-refractivity contribution < 1.29 is 24.5 Å². The fraction of sp³-hybridized carbons (Fsp3) is 0.893. The molecule has 0 aliphatic carbocycles. The van der Waals surface area contributed by atoms with Gasteiger partial charge in [-0.15, -0.1) is 0 Å². The molecule has 2 unspecified atom stereocenters. The van der Waals surface area contributed by atoms with Crippen LogP contribution in [0.2, 0.25) is 0 Å². The molecule has 81 heavy (non-hydrogen) atoms. The molecule has 0 aliphatic heterocycles. The second-order valence-electron chi connectivity index (χ2n) is 25.3. The summed E-state index contributed by atoms with van der Waals surface area (Å²) in [5, 5.41) is 23.1. The number of amides is 1. The van der Waals surface area contributed by atoms with Crippen molar-refractivity contribution in [1.82, 2.24) is 5.32 Å². The Morgan fingerprint density at radius 2 is 0.580 bits per heavy atom. The maximum atomic E-state index is 12.5. The van der Waals surface area contributed by atoms with Gasteiger partial charge in [0.25, 0.3) is 0 Å². The Morgan fingerprint density at radius 3 is 0.877 bits per heavy atom. The van der Waals surface area contributed by atoms with E-state index in [9.17, 15) is 19.8 Å². The van der Waals surface area contributed by atoms with Crippen LogP contribution in [0.5, 0.6) is 0 Å². The smallest absolute Gasteiger partial charge is 0.305 e. The molecule has 0 aliphatic rings. The summed E-state index contributed by atoms with van der Waals surface area (Å²) in [6.07, 6.45) is 91.0. The Morgan fingerprint density at radius 1 is 0.333 bits per heavy atom. The van der Waals surface area contributed by atoms with Crippen LogP contribution in [0.25, 0.3) is 0 Å². The molecule has 0 saturated carbocycles. The van der Waals surface area contributed by atoms with Crippen molar-refractivity contribution in [3.8, 4) is 0 Å². The highest BCUT2D eigenvalue weighted by molar-refractivity contribution is 5.76. The van der Waals surface area contributed by atoms with Crippen molar-refractivity contribution in [2.75, 3.05) is 13.2 Å². The van der Waals surface area contributed by atoms with Crippen LogP contribution in [-0.4, -0.2) is 47.4 Å². The van der Waals surface area contributed by atoms with E-state index in [4.69, 9.17) is 4.74 Å². The molecule has 0 rings (SSSR count). The highest BCUT2D eigenvalue weighted by Gasteiger charge is 2.18. The van der Waals surface area contributed by atoms with E-state index >= 15 is 0 Å². The SMILES string of the molecule is CCCCCCCCC/C=C\CCCCCCCCCC(=O)OCCCCCCCCCCCCCC/C=C\CCCCCCCCCCCCCCCCCCC(=O)NC(CO)C(O)/C=C/CCCCCCCCCCCCCC. The van der Waals surface area contributed by atoms with Crippen LogP contribution >= 0.6 is 0 Å². The van der Waals surface area contributed by atoms with E-state index in [1.165, 1.54) is 334 Å². The van der Waals surface area contributed by atoms with Gasteiger partial charge in [-0.25, -0.2) is 0 Å². The Labute approximate surface area is 506 Å². The lowest BCUT2D eigenvalue weighted by Crippen LogP contribution is -2.45. The first kappa shape index (κ1) is 79.1. The molecule has 0 saturated heterocycles. The van der Waals surface area contributed by atoms with Crippen molar-refractivity contribution in [2.24, 2.45) is 0 Å². The van der Waals surface area contributed by atoms with Crippen LogP contribution in [0.15, 0.2) is 36.5 Å². The molecule has 0 heterocycles. The lowest BCUT2D eigenvalue weighted by Gasteiger charge is -2.20. The predicted molar refractivity (Wildman–Crippen MR) is 356 cm³/mol. The van der Waals surface area contributed by atoms with Crippen LogP contribution in [0.4, 0.5) is 0 Å². The van der Waals surface area contributed by atoms with E-state index in [0.717, 1.165) is 44.9 Å². The molecule has 6 nitrogen and oxygen atoms in total. The normalized spacial score (nSPS) is 12.7. The van der Waals surface area contributed by atoms with Crippen molar-refractivity contribution in [1.29, 1.82) is 0 Å². The molecule has 478 valence electrons. The molecule has 0 bridgehead atoms. The molecule has 0 aromatic heterocycles. The zero-order valence-corrected chi connectivity index (χ0v) is 54.8. The van der Waals surface area contributed by atoms with E-state index in [1.807, 2.05) is 6.08 Å². The Bertz CT molecular complexity index is 1310. The van der Waals surface area contributed by atoms with Gasteiger partial charge in [-0.05, 0) is 83.5 Å². The molecule has 0 aromatic carbocycles. The second-order valence-corrected chi connectivity index (χ2v) is 25.3. The molecule has 1 amide bonds. The number of ether oxygens (including phenoxy) is 1. The van der Waals surface area contributed by atoms with Crippen molar-refractivity contribution >= 4 is 11.9 Å². The number of rotatable bonds is 69. The minimum atomic E-state index is -0.842. The topological polar surface area (TPSA) is 95.9 Å². The molecule has 0 aromatic rings. The van der Waals surface area contributed by atoms with Gasteiger partial charge in [0.1, 0.15) is 0 Å². The van der Waals surface area contributed by atoms with Crippen molar-refractivity contribution in [2.45, 2.75) is 418 Å². The number of hydrogen-bond donors (Lipinski definition) is 3. The van der Waals surface area contributed by atoms with Crippen molar-refractivity contribution in [3.05, 3.63) is 36.5 Å². The maximum Gasteiger partial charge on any atom is 0.305 e. The van der Waals surface area contributed by atoms with E-state index in [2.05, 4.69) is 43.5 Å². The summed E-state index contributed by atoms with van der Waals surface area (Å²) in [6, 6.07) is -0.625. The summed E-state index contributed by atoms with van der Waals surface area (Å²) >= 11 is 0. The van der Waals surface area contributed by atoms with Crippen LogP contribution in [0.1, 0.15) is 406 Å². The lowest BCUT2D eigenvalue weighted by atomic mass is 10.0. The first-order valence-electron chi connectivity index (χ1n) is 36.8. The largest absolute Gasteiger partial charge is 0.466 e. The first-order valence-corrected chi connectivity index (χ1v) is 36.8. The van der Waals surface area contributed by atoms with E-state index in [-0.39, 0.29) is 18.5 Å². The number of nitrogens with one attached hydrogen (secondary N) is 1. The minimum Gasteiger partial charge on any atom is -0.466 e. The van der Waals surface area contributed by atoms with Crippen molar-refractivity contribution in [3.63, 3.8) is 0 Å². The van der Waals surface area contributed by atoms with Crippen LogP contribution in [0, 0.1) is 0 Å². The number of allylic oxidation sites excluding steroid dienone is 5. The molecule has 3 N–H and O–H groups in total.